The van der Waals surface area contributed by atoms with E-state index in [4.69, 9.17) is 0 Å². The number of alkyl halides is 3. The Hall–Kier alpha value is -1.56. The van der Waals surface area contributed by atoms with E-state index in [2.05, 4.69) is 25.9 Å². The van der Waals surface area contributed by atoms with Crippen molar-refractivity contribution < 1.29 is 13.2 Å². The van der Waals surface area contributed by atoms with Gasteiger partial charge in [-0.2, -0.15) is 13.2 Å². The predicted octanol–water partition coefficient (Wildman–Crippen LogP) is 5.04. The van der Waals surface area contributed by atoms with Crippen LogP contribution in [0.1, 0.15) is 24.2 Å². The van der Waals surface area contributed by atoms with E-state index in [1.54, 1.807) is 0 Å². The normalized spacial score (nSPS) is 16.2. The molecule has 1 N–H and O–H groups in total. The van der Waals surface area contributed by atoms with Crippen molar-refractivity contribution in [2.24, 2.45) is 0 Å². The van der Waals surface area contributed by atoms with Crippen LogP contribution in [0.2, 0.25) is 0 Å². The molecule has 0 amide bonds. The zero-order valence-electron chi connectivity index (χ0n) is 10.3. The van der Waals surface area contributed by atoms with Crippen LogP contribution in [-0.4, -0.2) is 9.97 Å². The lowest BCUT2D eigenvalue weighted by molar-refractivity contribution is -0.137. The molecule has 1 aliphatic rings. The summed E-state index contributed by atoms with van der Waals surface area (Å²) >= 11 is 3.42. The molecule has 0 fully saturated rings. The molecule has 0 bridgehead atoms. The number of fused-ring (bicyclic) bond motifs is 1. The number of hydrogen-bond donors (Lipinski definition) is 1. The van der Waals surface area contributed by atoms with Gasteiger partial charge in [-0.15, -0.1) is 0 Å². The Morgan fingerprint density at radius 2 is 1.95 bits per heavy atom. The van der Waals surface area contributed by atoms with E-state index in [1.165, 1.54) is 6.07 Å². The van der Waals surface area contributed by atoms with Crippen molar-refractivity contribution in [3.05, 3.63) is 46.2 Å². The Morgan fingerprint density at radius 1 is 1.15 bits per heavy atom. The number of halogens is 4. The first-order chi connectivity index (χ1) is 9.43. The van der Waals surface area contributed by atoms with Gasteiger partial charge in [0.2, 0.25) is 0 Å². The molecule has 1 aliphatic carbocycles. The highest BCUT2D eigenvalue weighted by Crippen LogP contribution is 2.32. The Labute approximate surface area is 121 Å². The summed E-state index contributed by atoms with van der Waals surface area (Å²) in [4.78, 5) is 7.32. The molecular formula is C14H10BrF3N2. The molecule has 104 valence electrons. The molecule has 1 aromatic carbocycles. The lowest BCUT2D eigenvalue weighted by Crippen LogP contribution is -2.04. The van der Waals surface area contributed by atoms with Gasteiger partial charge in [0, 0.05) is 0 Å². The van der Waals surface area contributed by atoms with Gasteiger partial charge in [0.05, 0.1) is 16.6 Å². The molecular weight excluding hydrogens is 333 g/mol. The summed E-state index contributed by atoms with van der Waals surface area (Å²) < 4.78 is 39.1. The van der Waals surface area contributed by atoms with Crippen LogP contribution in [0.5, 0.6) is 0 Å². The van der Waals surface area contributed by atoms with Crippen molar-refractivity contribution >= 4 is 32.5 Å². The van der Waals surface area contributed by atoms with Crippen LogP contribution in [0.4, 0.5) is 13.2 Å². The number of nitrogens with one attached hydrogen (secondary N) is 1. The van der Waals surface area contributed by atoms with Crippen molar-refractivity contribution in [2.75, 3.05) is 0 Å². The lowest BCUT2D eigenvalue weighted by atomic mass is 10.1. The standard InChI is InChI=1S/C14H10BrF3N2/c15-10-4-1-8(2-5-10)13-19-11-6-3-9(14(16,17)18)7-12(11)20-13/h1,3-4,6-7H,2,5H2,(H,19,20). The lowest BCUT2D eigenvalue weighted by Gasteiger charge is -2.08. The van der Waals surface area contributed by atoms with Gasteiger partial charge in [0.15, 0.2) is 0 Å². The third-order valence-corrected chi connectivity index (χ3v) is 3.87. The van der Waals surface area contributed by atoms with E-state index in [-0.39, 0.29) is 0 Å². The number of aromatic nitrogens is 2. The van der Waals surface area contributed by atoms with E-state index in [9.17, 15) is 13.2 Å². The van der Waals surface area contributed by atoms with Gasteiger partial charge in [-0.25, -0.2) is 4.98 Å². The van der Waals surface area contributed by atoms with E-state index < -0.39 is 11.7 Å². The van der Waals surface area contributed by atoms with Crippen LogP contribution in [0.15, 0.2) is 34.8 Å². The highest BCUT2D eigenvalue weighted by Gasteiger charge is 2.30. The molecule has 0 unspecified atom stereocenters. The first kappa shape index (κ1) is 13.4. The van der Waals surface area contributed by atoms with Crippen molar-refractivity contribution in [3.8, 4) is 0 Å². The molecule has 0 saturated heterocycles. The zero-order valence-corrected chi connectivity index (χ0v) is 11.8. The molecule has 3 rings (SSSR count). The fourth-order valence-corrected chi connectivity index (χ4v) is 2.48. The van der Waals surface area contributed by atoms with Gasteiger partial charge in [-0.3, -0.25) is 0 Å². The molecule has 6 heteroatoms. The quantitative estimate of drug-likeness (QED) is 0.772. The minimum Gasteiger partial charge on any atom is -0.338 e. The molecule has 0 saturated carbocycles. The first-order valence-corrected chi connectivity index (χ1v) is 6.85. The van der Waals surface area contributed by atoms with E-state index in [1.807, 2.05) is 12.2 Å². The third-order valence-electron chi connectivity index (χ3n) is 3.21. The van der Waals surface area contributed by atoms with Crippen molar-refractivity contribution in [1.29, 1.82) is 0 Å². The fraction of sp³-hybridized carbons (Fsp3) is 0.214. The SMILES string of the molecule is FC(F)(F)c1ccc2nc(C3=CC=C(Br)CC3)[nH]c2c1. The van der Waals surface area contributed by atoms with Gasteiger partial charge in [0.1, 0.15) is 5.82 Å². The van der Waals surface area contributed by atoms with E-state index in [0.29, 0.717) is 16.9 Å². The molecule has 1 aromatic heterocycles. The number of aromatic amines is 1. The van der Waals surface area contributed by atoms with Gasteiger partial charge in [0.25, 0.3) is 0 Å². The summed E-state index contributed by atoms with van der Waals surface area (Å²) in [6.07, 6.45) is 1.21. The van der Waals surface area contributed by atoms with Crippen molar-refractivity contribution in [3.63, 3.8) is 0 Å². The van der Waals surface area contributed by atoms with Crippen LogP contribution >= 0.6 is 15.9 Å². The first-order valence-electron chi connectivity index (χ1n) is 6.06. The average Bonchev–Trinajstić information content (AvgIpc) is 2.81. The van der Waals surface area contributed by atoms with Crippen LogP contribution in [-0.2, 0) is 6.18 Å². The number of benzene rings is 1. The van der Waals surface area contributed by atoms with Crippen LogP contribution < -0.4 is 0 Å². The van der Waals surface area contributed by atoms with Gasteiger partial charge in [-0.05, 0) is 41.1 Å². The van der Waals surface area contributed by atoms with E-state index in [0.717, 1.165) is 35.0 Å². The van der Waals surface area contributed by atoms with Crippen LogP contribution in [0.3, 0.4) is 0 Å². The summed E-state index contributed by atoms with van der Waals surface area (Å²) in [6, 6.07) is 3.55. The second-order valence-corrected chi connectivity index (χ2v) is 5.64. The maximum absolute atomic E-state index is 12.7. The monoisotopic (exact) mass is 342 g/mol. The topological polar surface area (TPSA) is 28.7 Å². The Kier molecular flexibility index (Phi) is 3.20. The van der Waals surface area contributed by atoms with E-state index >= 15 is 0 Å². The van der Waals surface area contributed by atoms with Crippen molar-refractivity contribution in [1.82, 2.24) is 9.97 Å². The maximum Gasteiger partial charge on any atom is 0.416 e. The number of imidazole rings is 1. The summed E-state index contributed by atoms with van der Waals surface area (Å²) in [5.74, 6) is 0.635. The summed E-state index contributed by atoms with van der Waals surface area (Å²) in [6.45, 7) is 0. The zero-order chi connectivity index (χ0) is 14.3. The molecule has 1 heterocycles. The highest BCUT2D eigenvalue weighted by molar-refractivity contribution is 9.11. The minimum atomic E-state index is -4.34. The fourth-order valence-electron chi connectivity index (χ4n) is 2.15. The third kappa shape index (κ3) is 2.52. The molecule has 2 nitrogen and oxygen atoms in total. The van der Waals surface area contributed by atoms with Crippen LogP contribution in [0.25, 0.3) is 16.6 Å². The number of H-pyrrole nitrogens is 1. The molecule has 0 aliphatic heterocycles. The molecule has 20 heavy (non-hydrogen) atoms. The number of allylic oxidation sites excluding steroid dienone is 4. The van der Waals surface area contributed by atoms with Gasteiger partial charge >= 0.3 is 6.18 Å². The number of nitrogens with zero attached hydrogens (tertiary/aromatic N) is 1. The molecule has 0 atom stereocenters. The van der Waals surface area contributed by atoms with Gasteiger partial charge < -0.3 is 4.98 Å². The minimum absolute atomic E-state index is 0.407. The maximum atomic E-state index is 12.7. The Bertz CT molecular complexity index is 726. The summed E-state index contributed by atoms with van der Waals surface area (Å²) in [5.41, 5.74) is 1.28. The molecule has 0 radical (unpaired) electrons. The largest absolute Gasteiger partial charge is 0.416 e. The van der Waals surface area contributed by atoms with Crippen LogP contribution in [0, 0.1) is 0 Å². The predicted molar refractivity (Wildman–Crippen MR) is 75.3 cm³/mol. The average molecular weight is 343 g/mol. The van der Waals surface area contributed by atoms with Gasteiger partial charge in [-0.1, -0.05) is 28.1 Å². The number of rotatable bonds is 1. The molecule has 2 aromatic rings. The smallest absolute Gasteiger partial charge is 0.338 e. The summed E-state index contributed by atoms with van der Waals surface area (Å²) in [7, 11) is 0. The highest BCUT2D eigenvalue weighted by atomic mass is 79.9. The van der Waals surface area contributed by atoms with Crippen molar-refractivity contribution in [2.45, 2.75) is 19.0 Å². The summed E-state index contributed by atoms with van der Waals surface area (Å²) in [5, 5.41) is 0. The second kappa shape index (κ2) is 4.77. The second-order valence-electron chi connectivity index (χ2n) is 4.62. The Morgan fingerprint density at radius 3 is 2.60 bits per heavy atom. The Balaban J connectivity index is 2.03. The molecule has 0 spiro atoms. The number of hydrogen-bond acceptors (Lipinski definition) is 1.